The summed E-state index contributed by atoms with van der Waals surface area (Å²) in [6, 6.07) is -0.254. The van der Waals surface area contributed by atoms with Gasteiger partial charge in [-0.05, 0) is 50.6 Å². The van der Waals surface area contributed by atoms with Crippen LogP contribution >= 0.6 is 0 Å². The maximum atomic E-state index is 11.0. The zero-order valence-corrected chi connectivity index (χ0v) is 9.46. The molecule has 0 aromatic heterocycles. The van der Waals surface area contributed by atoms with E-state index in [-0.39, 0.29) is 6.03 Å². The lowest BCUT2D eigenvalue weighted by molar-refractivity contribution is -0.00117. The Morgan fingerprint density at radius 1 is 1.47 bits per heavy atom. The molecular weight excluding hydrogens is 190 g/mol. The van der Waals surface area contributed by atoms with Crippen molar-refractivity contribution in [2.24, 2.45) is 17.1 Å². The molecular formula is C11H21N3O. The van der Waals surface area contributed by atoms with Gasteiger partial charge in [0, 0.05) is 13.1 Å². The average Bonchev–Trinajstić information content (AvgIpc) is 2.16. The minimum absolute atomic E-state index is 0.254. The number of likely N-dealkylation sites (tertiary alicyclic amines) is 1. The second-order valence-electron chi connectivity index (χ2n) is 5.16. The molecule has 0 atom stereocenters. The molecule has 15 heavy (non-hydrogen) atoms. The number of piperidine rings is 1. The van der Waals surface area contributed by atoms with E-state index < -0.39 is 0 Å². The molecule has 1 saturated heterocycles. The van der Waals surface area contributed by atoms with Crippen molar-refractivity contribution in [2.75, 3.05) is 26.7 Å². The lowest BCUT2D eigenvalue weighted by Crippen LogP contribution is -2.51. The van der Waals surface area contributed by atoms with E-state index in [1.807, 2.05) is 7.05 Å². The molecule has 2 aliphatic rings. The molecule has 1 saturated carbocycles. The van der Waals surface area contributed by atoms with Crippen LogP contribution in [0.3, 0.4) is 0 Å². The molecule has 4 nitrogen and oxygen atoms in total. The Labute approximate surface area is 91.2 Å². The van der Waals surface area contributed by atoms with Gasteiger partial charge in [0.1, 0.15) is 0 Å². The molecule has 2 rings (SSSR count). The number of primary amides is 1. The van der Waals surface area contributed by atoms with Gasteiger partial charge in [0.15, 0.2) is 0 Å². The fourth-order valence-electron chi connectivity index (χ4n) is 3.21. The van der Waals surface area contributed by atoms with Gasteiger partial charge in [0.2, 0.25) is 0 Å². The monoisotopic (exact) mass is 211 g/mol. The van der Waals surface area contributed by atoms with Crippen molar-refractivity contribution in [3.05, 3.63) is 0 Å². The number of carbonyl (C=O) groups is 1. The molecule has 0 radical (unpaired) electrons. The normalized spacial score (nSPS) is 25.3. The Morgan fingerprint density at radius 3 is 2.53 bits per heavy atom. The van der Waals surface area contributed by atoms with Crippen LogP contribution in [-0.2, 0) is 0 Å². The number of nitrogens with two attached hydrogens (primary N) is 1. The highest BCUT2D eigenvalue weighted by atomic mass is 16.2. The summed E-state index contributed by atoms with van der Waals surface area (Å²) < 4.78 is 0. The molecule has 1 aliphatic carbocycles. The highest BCUT2D eigenvalue weighted by Gasteiger charge is 2.45. The van der Waals surface area contributed by atoms with Crippen molar-refractivity contribution in [1.29, 1.82) is 0 Å². The number of urea groups is 1. The van der Waals surface area contributed by atoms with Gasteiger partial charge in [-0.15, -0.1) is 0 Å². The molecule has 0 aromatic rings. The zero-order valence-electron chi connectivity index (χ0n) is 9.46. The van der Waals surface area contributed by atoms with Crippen molar-refractivity contribution in [3.63, 3.8) is 0 Å². The highest BCUT2D eigenvalue weighted by molar-refractivity contribution is 5.72. The first-order valence-electron chi connectivity index (χ1n) is 5.84. The molecule has 2 fully saturated rings. The Kier molecular flexibility index (Phi) is 2.87. The summed E-state index contributed by atoms with van der Waals surface area (Å²) >= 11 is 0. The minimum Gasteiger partial charge on any atom is -0.351 e. The van der Waals surface area contributed by atoms with Crippen LogP contribution in [0.5, 0.6) is 0 Å². The van der Waals surface area contributed by atoms with E-state index in [9.17, 15) is 4.79 Å². The number of nitrogens with one attached hydrogen (secondary N) is 1. The molecule has 86 valence electrons. The Bertz CT molecular complexity index is 238. The fourth-order valence-corrected chi connectivity index (χ4v) is 3.21. The van der Waals surface area contributed by atoms with Crippen LogP contribution in [0, 0.1) is 11.3 Å². The van der Waals surface area contributed by atoms with E-state index in [4.69, 9.17) is 5.73 Å². The number of hydrogen-bond acceptors (Lipinski definition) is 2. The molecule has 0 bridgehead atoms. The summed E-state index contributed by atoms with van der Waals surface area (Å²) in [6.07, 6.45) is 4.97. The van der Waals surface area contributed by atoms with Gasteiger partial charge in [-0.25, -0.2) is 4.79 Å². The topological polar surface area (TPSA) is 58.4 Å². The first kappa shape index (κ1) is 10.7. The zero-order chi connectivity index (χ0) is 10.9. The van der Waals surface area contributed by atoms with Crippen molar-refractivity contribution < 1.29 is 4.79 Å². The van der Waals surface area contributed by atoms with Crippen LogP contribution < -0.4 is 11.1 Å². The lowest BCUT2D eigenvalue weighted by atomic mass is 9.57. The maximum Gasteiger partial charge on any atom is 0.314 e. The predicted molar refractivity (Wildman–Crippen MR) is 59.5 cm³/mol. The van der Waals surface area contributed by atoms with Gasteiger partial charge in [0.05, 0.1) is 0 Å². The molecule has 0 unspecified atom stereocenters. The largest absolute Gasteiger partial charge is 0.351 e. The molecule has 0 aromatic carbocycles. The van der Waals surface area contributed by atoms with E-state index in [2.05, 4.69) is 5.32 Å². The molecule has 1 spiro atoms. The van der Waals surface area contributed by atoms with E-state index >= 15 is 0 Å². The molecule has 4 heteroatoms. The number of hydrogen-bond donors (Lipinski definition) is 2. The third-order valence-corrected chi connectivity index (χ3v) is 4.07. The number of rotatable bonds is 2. The van der Waals surface area contributed by atoms with Crippen LogP contribution in [0.4, 0.5) is 4.79 Å². The second-order valence-corrected chi connectivity index (χ2v) is 5.16. The molecule has 3 N–H and O–H groups in total. The van der Waals surface area contributed by atoms with Gasteiger partial charge in [-0.3, -0.25) is 0 Å². The molecule has 1 aliphatic heterocycles. The van der Waals surface area contributed by atoms with E-state index in [1.54, 1.807) is 4.90 Å². The quantitative estimate of drug-likeness (QED) is 0.709. The minimum atomic E-state index is -0.254. The SMILES string of the molecule is CNCC1CC2(CCN(C(N)=O)CC2)C1. The average molecular weight is 211 g/mol. The van der Waals surface area contributed by atoms with Gasteiger partial charge < -0.3 is 16.0 Å². The number of nitrogens with zero attached hydrogens (tertiary/aromatic N) is 1. The van der Waals surface area contributed by atoms with Crippen molar-refractivity contribution in [1.82, 2.24) is 10.2 Å². The third-order valence-electron chi connectivity index (χ3n) is 4.07. The highest BCUT2D eigenvalue weighted by Crippen LogP contribution is 2.52. The van der Waals surface area contributed by atoms with Gasteiger partial charge in [-0.1, -0.05) is 0 Å². The lowest BCUT2D eigenvalue weighted by Gasteiger charge is -2.52. The standard InChI is InChI=1S/C11H21N3O/c1-13-8-9-6-11(7-9)2-4-14(5-3-11)10(12)15/h9,13H,2-8H2,1H3,(H2,12,15). The van der Waals surface area contributed by atoms with E-state index in [0.29, 0.717) is 5.41 Å². The third kappa shape index (κ3) is 2.09. The van der Waals surface area contributed by atoms with Crippen molar-refractivity contribution >= 4 is 6.03 Å². The van der Waals surface area contributed by atoms with E-state index in [1.165, 1.54) is 12.8 Å². The van der Waals surface area contributed by atoms with Crippen LogP contribution in [-0.4, -0.2) is 37.6 Å². The van der Waals surface area contributed by atoms with Gasteiger partial charge in [0.25, 0.3) is 0 Å². The number of carbonyl (C=O) groups excluding carboxylic acids is 1. The predicted octanol–water partition coefficient (Wildman–Crippen LogP) is 0.777. The summed E-state index contributed by atoms with van der Waals surface area (Å²) in [5.41, 5.74) is 5.82. The summed E-state index contributed by atoms with van der Waals surface area (Å²) in [5, 5.41) is 3.23. The van der Waals surface area contributed by atoms with Crippen LogP contribution in [0.1, 0.15) is 25.7 Å². The Morgan fingerprint density at radius 2 is 2.07 bits per heavy atom. The van der Waals surface area contributed by atoms with Gasteiger partial charge >= 0.3 is 6.03 Å². The van der Waals surface area contributed by atoms with Crippen molar-refractivity contribution in [2.45, 2.75) is 25.7 Å². The van der Waals surface area contributed by atoms with Crippen LogP contribution in [0.15, 0.2) is 0 Å². The Hall–Kier alpha value is -0.770. The summed E-state index contributed by atoms with van der Waals surface area (Å²) in [5.74, 6) is 0.857. The fraction of sp³-hybridized carbons (Fsp3) is 0.909. The molecule has 1 heterocycles. The summed E-state index contributed by atoms with van der Waals surface area (Å²) in [4.78, 5) is 12.8. The first-order valence-corrected chi connectivity index (χ1v) is 5.84. The van der Waals surface area contributed by atoms with Crippen molar-refractivity contribution in [3.8, 4) is 0 Å². The maximum absolute atomic E-state index is 11.0. The summed E-state index contributed by atoms with van der Waals surface area (Å²) in [6.45, 7) is 2.87. The summed E-state index contributed by atoms with van der Waals surface area (Å²) in [7, 11) is 2.01. The second kappa shape index (κ2) is 4.00. The van der Waals surface area contributed by atoms with Crippen LogP contribution in [0.2, 0.25) is 0 Å². The van der Waals surface area contributed by atoms with Crippen LogP contribution in [0.25, 0.3) is 0 Å². The number of amides is 2. The molecule has 2 amide bonds. The first-order chi connectivity index (χ1) is 7.15. The Balaban J connectivity index is 1.77. The smallest absolute Gasteiger partial charge is 0.314 e. The van der Waals surface area contributed by atoms with Gasteiger partial charge in [-0.2, -0.15) is 0 Å². The van der Waals surface area contributed by atoms with E-state index in [0.717, 1.165) is 38.4 Å².